The molecule has 4 nitrogen and oxygen atoms in total. The average Bonchev–Trinajstić information content (AvgIpc) is 3.21. The molecular weight excluding hydrogens is 469 g/mol. The second kappa shape index (κ2) is 8.12. The van der Waals surface area contributed by atoms with Crippen LogP contribution in [-0.2, 0) is 5.67 Å². The third kappa shape index (κ3) is 4.16. The summed E-state index contributed by atoms with van der Waals surface area (Å²) in [7, 11) is 0. The van der Waals surface area contributed by atoms with E-state index in [1.54, 1.807) is 0 Å². The first-order valence-electron chi connectivity index (χ1n) is 8.70. The predicted molar refractivity (Wildman–Crippen MR) is 101 cm³/mol. The van der Waals surface area contributed by atoms with Gasteiger partial charge in [-0.05, 0) is 36.8 Å². The van der Waals surface area contributed by atoms with Gasteiger partial charge in [-0.1, -0.05) is 23.7 Å². The number of benzene rings is 2. The first-order valence-corrected chi connectivity index (χ1v) is 9.07. The Hall–Kier alpha value is -3.08. The number of amides is 1. The van der Waals surface area contributed by atoms with Crippen molar-refractivity contribution in [1.82, 2.24) is 4.98 Å². The van der Waals surface area contributed by atoms with Gasteiger partial charge in [0.25, 0.3) is 5.91 Å². The Morgan fingerprint density at radius 2 is 1.66 bits per heavy atom. The number of carbonyl (C=O) groups is 1. The second-order valence-electron chi connectivity index (χ2n) is 6.66. The van der Waals surface area contributed by atoms with E-state index < -0.39 is 29.5 Å². The summed E-state index contributed by atoms with van der Waals surface area (Å²) in [5.74, 6) is -0.717. The van der Waals surface area contributed by atoms with Gasteiger partial charge in [-0.15, -0.1) is 0 Å². The van der Waals surface area contributed by atoms with Crippen molar-refractivity contribution < 1.29 is 39.9 Å². The average molecular weight is 481 g/mol. The number of nitrogens with zero attached hydrogens (tertiary/aromatic N) is 1. The summed E-state index contributed by atoms with van der Waals surface area (Å²) in [4.78, 5) is 16.7. The molecular formula is C20H12ClF7N2O2. The molecule has 3 rings (SSSR count). The summed E-state index contributed by atoms with van der Waals surface area (Å²) >= 11 is 5.93. The van der Waals surface area contributed by atoms with Crippen molar-refractivity contribution in [1.29, 1.82) is 0 Å². The number of aryl methyl sites for hydroxylation is 1. The molecule has 0 unspecified atom stereocenters. The van der Waals surface area contributed by atoms with E-state index in [0.717, 1.165) is 13.0 Å². The minimum Gasteiger partial charge on any atom is -0.445 e. The summed E-state index contributed by atoms with van der Waals surface area (Å²) in [5, 5.41) is 2.54. The van der Waals surface area contributed by atoms with Gasteiger partial charge >= 0.3 is 18.0 Å². The van der Waals surface area contributed by atoms with Crippen molar-refractivity contribution in [2.75, 3.05) is 5.32 Å². The number of hydrogen-bond acceptors (Lipinski definition) is 3. The van der Waals surface area contributed by atoms with Crippen LogP contribution in [0.25, 0.3) is 11.5 Å². The molecule has 0 aliphatic rings. The lowest BCUT2D eigenvalue weighted by Crippen LogP contribution is -2.50. The van der Waals surface area contributed by atoms with Crippen LogP contribution in [0, 0.1) is 6.92 Å². The van der Waals surface area contributed by atoms with Crippen LogP contribution >= 0.6 is 11.6 Å². The van der Waals surface area contributed by atoms with E-state index in [1.165, 1.54) is 30.7 Å². The standard InChI is InChI=1S/C20H12ClF7N2O2/c1-10-8-11(18(22,19(23,24)25)20(26,27)28)2-5-15(10)30-16(31)14-9-12(21)3-4-13(14)17-29-6-7-32-17/h2-9H,1H3,(H,30,31). The van der Waals surface area contributed by atoms with Gasteiger partial charge in [0.05, 0.1) is 11.8 Å². The van der Waals surface area contributed by atoms with Gasteiger partial charge in [0.15, 0.2) is 0 Å². The molecule has 0 radical (unpaired) electrons. The van der Waals surface area contributed by atoms with E-state index in [-0.39, 0.29) is 33.3 Å². The molecule has 1 aromatic heterocycles. The van der Waals surface area contributed by atoms with E-state index in [9.17, 15) is 35.5 Å². The monoisotopic (exact) mass is 480 g/mol. The highest BCUT2D eigenvalue weighted by atomic mass is 35.5. The number of alkyl halides is 7. The van der Waals surface area contributed by atoms with E-state index in [4.69, 9.17) is 16.0 Å². The molecule has 1 N–H and O–H groups in total. The number of halogens is 8. The Balaban J connectivity index is 1.97. The van der Waals surface area contributed by atoms with Gasteiger partial charge in [0, 0.05) is 21.8 Å². The van der Waals surface area contributed by atoms with E-state index >= 15 is 0 Å². The lowest BCUT2D eigenvalue weighted by molar-refractivity contribution is -0.348. The number of aromatic nitrogens is 1. The third-order valence-electron chi connectivity index (χ3n) is 4.54. The van der Waals surface area contributed by atoms with Crippen molar-refractivity contribution in [2.24, 2.45) is 0 Å². The molecule has 0 aliphatic carbocycles. The van der Waals surface area contributed by atoms with Gasteiger partial charge in [0.1, 0.15) is 6.26 Å². The van der Waals surface area contributed by atoms with Gasteiger partial charge in [-0.3, -0.25) is 4.79 Å². The highest BCUT2D eigenvalue weighted by Crippen LogP contribution is 2.53. The first kappa shape index (κ1) is 23.6. The lowest BCUT2D eigenvalue weighted by atomic mass is 9.92. The fraction of sp³-hybridized carbons (Fsp3) is 0.200. The molecule has 0 atom stereocenters. The Labute approximate surface area is 181 Å². The van der Waals surface area contributed by atoms with Crippen LogP contribution in [0.3, 0.4) is 0 Å². The summed E-state index contributed by atoms with van der Waals surface area (Å²) < 4.78 is 97.3. The van der Waals surface area contributed by atoms with Gasteiger partial charge < -0.3 is 9.73 Å². The second-order valence-corrected chi connectivity index (χ2v) is 7.10. The van der Waals surface area contributed by atoms with Gasteiger partial charge in [0.2, 0.25) is 5.89 Å². The zero-order chi connectivity index (χ0) is 23.9. The zero-order valence-corrected chi connectivity index (χ0v) is 16.7. The Kier molecular flexibility index (Phi) is 5.98. The Morgan fingerprint density at radius 1 is 1.00 bits per heavy atom. The van der Waals surface area contributed by atoms with Gasteiger partial charge in [-0.25, -0.2) is 9.37 Å². The van der Waals surface area contributed by atoms with Crippen LogP contribution in [0.4, 0.5) is 36.4 Å². The maximum absolute atomic E-state index is 14.3. The first-order chi connectivity index (χ1) is 14.8. The van der Waals surface area contributed by atoms with Gasteiger partial charge in [-0.2, -0.15) is 26.3 Å². The normalized spacial score (nSPS) is 12.7. The van der Waals surface area contributed by atoms with Crippen LogP contribution < -0.4 is 5.32 Å². The van der Waals surface area contributed by atoms with E-state index in [2.05, 4.69) is 10.3 Å². The smallest absolute Gasteiger partial charge is 0.435 e. The molecule has 0 aliphatic heterocycles. The van der Waals surface area contributed by atoms with Crippen molar-refractivity contribution in [3.8, 4) is 11.5 Å². The molecule has 0 bridgehead atoms. The quantitative estimate of drug-likeness (QED) is 0.416. The van der Waals surface area contributed by atoms with Crippen molar-refractivity contribution in [3.05, 3.63) is 70.6 Å². The molecule has 32 heavy (non-hydrogen) atoms. The lowest BCUT2D eigenvalue weighted by Gasteiger charge is -2.30. The summed E-state index contributed by atoms with van der Waals surface area (Å²) in [6.45, 7) is 1.12. The number of oxazole rings is 1. The SMILES string of the molecule is Cc1cc(C(F)(C(F)(F)F)C(F)(F)F)ccc1NC(=O)c1cc(Cl)ccc1-c1ncco1. The fourth-order valence-corrected chi connectivity index (χ4v) is 3.12. The topological polar surface area (TPSA) is 55.1 Å². The number of hydrogen-bond donors (Lipinski definition) is 1. The maximum Gasteiger partial charge on any atom is 0.435 e. The van der Waals surface area contributed by atoms with Crippen molar-refractivity contribution in [2.45, 2.75) is 24.9 Å². The summed E-state index contributed by atoms with van der Waals surface area (Å²) in [5.41, 5.74) is -7.37. The molecule has 2 aromatic carbocycles. The molecule has 3 aromatic rings. The van der Waals surface area contributed by atoms with Crippen LogP contribution in [0.15, 0.2) is 53.3 Å². The van der Waals surface area contributed by atoms with Crippen LogP contribution in [0.5, 0.6) is 0 Å². The number of rotatable bonds is 4. The van der Waals surface area contributed by atoms with E-state index in [1.807, 2.05) is 0 Å². The van der Waals surface area contributed by atoms with Crippen molar-refractivity contribution in [3.63, 3.8) is 0 Å². The fourth-order valence-electron chi connectivity index (χ4n) is 2.94. The molecule has 1 heterocycles. The zero-order valence-electron chi connectivity index (χ0n) is 15.9. The van der Waals surface area contributed by atoms with Crippen LogP contribution in [0.1, 0.15) is 21.5 Å². The highest BCUT2D eigenvalue weighted by Gasteiger charge is 2.73. The van der Waals surface area contributed by atoms with Crippen molar-refractivity contribution >= 4 is 23.2 Å². The summed E-state index contributed by atoms with van der Waals surface area (Å²) in [6.07, 6.45) is -9.89. The number of anilines is 1. The molecule has 0 saturated carbocycles. The van der Waals surface area contributed by atoms with Crippen LogP contribution in [0.2, 0.25) is 5.02 Å². The van der Waals surface area contributed by atoms with E-state index in [0.29, 0.717) is 12.1 Å². The summed E-state index contributed by atoms with van der Waals surface area (Å²) in [6, 6.07) is 5.64. The minimum absolute atomic E-state index is 0.0196. The minimum atomic E-state index is -6.24. The Bertz CT molecular complexity index is 1130. The molecule has 0 spiro atoms. The number of carbonyl (C=O) groups excluding carboxylic acids is 1. The Morgan fingerprint density at radius 3 is 2.19 bits per heavy atom. The largest absolute Gasteiger partial charge is 0.445 e. The number of nitrogens with one attached hydrogen (secondary N) is 1. The molecule has 170 valence electrons. The highest BCUT2D eigenvalue weighted by molar-refractivity contribution is 6.31. The van der Waals surface area contributed by atoms with Crippen LogP contribution in [-0.4, -0.2) is 23.2 Å². The maximum atomic E-state index is 14.3. The predicted octanol–water partition coefficient (Wildman–Crippen LogP) is 6.85. The molecule has 0 fully saturated rings. The molecule has 0 saturated heterocycles. The molecule has 1 amide bonds. The molecule has 12 heteroatoms. The third-order valence-corrected chi connectivity index (χ3v) is 4.78.